The van der Waals surface area contributed by atoms with Crippen LogP contribution < -0.4 is 9.09 Å². The van der Waals surface area contributed by atoms with Gasteiger partial charge in [-0.2, -0.15) is 0 Å². The maximum atomic E-state index is 12.3. The van der Waals surface area contributed by atoms with Gasteiger partial charge < -0.3 is 4.52 Å². The van der Waals surface area contributed by atoms with Gasteiger partial charge in [0.1, 0.15) is 24.7 Å². The molecule has 2 aromatic rings. The first-order valence-electron chi connectivity index (χ1n) is 7.23. The van der Waals surface area contributed by atoms with Crippen LogP contribution in [0, 0.1) is 0 Å². The SMILES string of the molecule is CCOP(=O)(OCC)Oc1ccc(Cn2cc[n+](C)c2)cc1. The van der Waals surface area contributed by atoms with E-state index in [0.717, 1.165) is 12.1 Å². The smallest absolute Gasteiger partial charge is 0.404 e. The van der Waals surface area contributed by atoms with Crippen LogP contribution >= 0.6 is 7.82 Å². The molecule has 0 amide bonds. The zero-order valence-electron chi connectivity index (χ0n) is 13.1. The molecule has 0 saturated heterocycles. The average Bonchev–Trinajstić information content (AvgIpc) is 2.87. The van der Waals surface area contributed by atoms with Crippen molar-refractivity contribution >= 4 is 7.82 Å². The fraction of sp³-hybridized carbons (Fsp3) is 0.400. The van der Waals surface area contributed by atoms with Gasteiger partial charge in [0.2, 0.25) is 6.33 Å². The molecule has 1 aromatic carbocycles. The number of imidazole rings is 1. The minimum atomic E-state index is -3.53. The van der Waals surface area contributed by atoms with Crippen molar-refractivity contribution in [2.75, 3.05) is 13.2 Å². The molecule has 0 aliphatic rings. The van der Waals surface area contributed by atoms with Crippen molar-refractivity contribution in [3.05, 3.63) is 48.5 Å². The third-order valence-electron chi connectivity index (χ3n) is 2.90. The zero-order valence-corrected chi connectivity index (χ0v) is 14.0. The molecule has 0 aliphatic carbocycles. The van der Waals surface area contributed by atoms with E-state index in [2.05, 4.69) is 4.57 Å². The van der Waals surface area contributed by atoms with Gasteiger partial charge in [0.25, 0.3) is 0 Å². The molecule has 0 fully saturated rings. The molecule has 0 N–H and O–H groups in total. The average molecular weight is 325 g/mol. The zero-order chi connectivity index (χ0) is 16.0. The van der Waals surface area contributed by atoms with Gasteiger partial charge >= 0.3 is 7.82 Å². The van der Waals surface area contributed by atoms with Gasteiger partial charge in [0, 0.05) is 0 Å². The van der Waals surface area contributed by atoms with Crippen LogP contribution in [0.25, 0.3) is 0 Å². The Morgan fingerprint density at radius 3 is 2.27 bits per heavy atom. The van der Waals surface area contributed by atoms with Crippen molar-refractivity contribution in [1.82, 2.24) is 4.57 Å². The highest BCUT2D eigenvalue weighted by molar-refractivity contribution is 7.48. The molecular formula is C15H22N2O4P+. The molecule has 0 radical (unpaired) electrons. The highest BCUT2D eigenvalue weighted by Gasteiger charge is 2.27. The topological polar surface area (TPSA) is 53.6 Å². The van der Waals surface area contributed by atoms with E-state index in [1.54, 1.807) is 26.0 Å². The normalized spacial score (nSPS) is 11.6. The van der Waals surface area contributed by atoms with Gasteiger partial charge in [-0.25, -0.2) is 13.7 Å². The van der Waals surface area contributed by atoms with Gasteiger partial charge in [-0.05, 0) is 31.5 Å². The Balaban J connectivity index is 2.03. The van der Waals surface area contributed by atoms with Crippen molar-refractivity contribution in [1.29, 1.82) is 0 Å². The second-order valence-corrected chi connectivity index (χ2v) is 6.36. The number of nitrogens with zero attached hydrogens (tertiary/aromatic N) is 2. The predicted molar refractivity (Wildman–Crippen MR) is 82.6 cm³/mol. The maximum absolute atomic E-state index is 12.3. The Kier molecular flexibility index (Phi) is 5.77. The van der Waals surface area contributed by atoms with E-state index >= 15 is 0 Å². The van der Waals surface area contributed by atoms with Crippen LogP contribution in [0.5, 0.6) is 5.75 Å². The fourth-order valence-corrected chi connectivity index (χ4v) is 3.19. The first-order valence-corrected chi connectivity index (χ1v) is 8.69. The van der Waals surface area contributed by atoms with E-state index in [4.69, 9.17) is 13.6 Å². The summed E-state index contributed by atoms with van der Waals surface area (Å²) in [4.78, 5) is 0. The molecule has 0 atom stereocenters. The molecule has 2 rings (SSSR count). The molecule has 0 aliphatic heterocycles. The highest BCUT2D eigenvalue weighted by Crippen LogP contribution is 2.49. The number of aryl methyl sites for hydroxylation is 1. The van der Waals surface area contributed by atoms with Crippen LogP contribution in [0.2, 0.25) is 0 Å². The summed E-state index contributed by atoms with van der Waals surface area (Å²) in [6.07, 6.45) is 5.99. The van der Waals surface area contributed by atoms with Crippen molar-refractivity contribution in [2.45, 2.75) is 20.4 Å². The summed E-state index contributed by atoms with van der Waals surface area (Å²) in [7, 11) is -1.55. The molecule has 7 heteroatoms. The molecule has 22 heavy (non-hydrogen) atoms. The van der Waals surface area contributed by atoms with E-state index in [-0.39, 0.29) is 13.2 Å². The van der Waals surface area contributed by atoms with Crippen LogP contribution in [0.4, 0.5) is 0 Å². The predicted octanol–water partition coefficient (Wildman–Crippen LogP) is 2.92. The van der Waals surface area contributed by atoms with E-state index in [9.17, 15) is 4.57 Å². The molecular weight excluding hydrogens is 303 g/mol. The highest BCUT2D eigenvalue weighted by atomic mass is 31.2. The van der Waals surface area contributed by atoms with Gasteiger partial charge in [-0.1, -0.05) is 12.1 Å². The number of phosphoric acid groups is 1. The molecule has 0 bridgehead atoms. The molecule has 0 saturated carbocycles. The summed E-state index contributed by atoms with van der Waals surface area (Å²) in [6, 6.07) is 7.39. The quantitative estimate of drug-likeness (QED) is 0.553. The molecule has 1 heterocycles. The van der Waals surface area contributed by atoms with Gasteiger partial charge in [0.05, 0.1) is 20.3 Å². The minimum Gasteiger partial charge on any atom is -0.404 e. The van der Waals surface area contributed by atoms with E-state index in [0.29, 0.717) is 5.75 Å². The van der Waals surface area contributed by atoms with Gasteiger partial charge in [-0.3, -0.25) is 9.05 Å². The Hall–Kier alpha value is -1.62. The number of hydrogen-bond donors (Lipinski definition) is 0. The molecule has 120 valence electrons. The number of rotatable bonds is 8. The van der Waals surface area contributed by atoms with Crippen LogP contribution in [-0.2, 0) is 27.2 Å². The third-order valence-corrected chi connectivity index (χ3v) is 4.49. The van der Waals surface area contributed by atoms with Crippen molar-refractivity contribution in [3.63, 3.8) is 0 Å². The first kappa shape index (κ1) is 16.7. The Bertz CT molecular complexity index is 629. The lowest BCUT2D eigenvalue weighted by atomic mass is 10.2. The number of phosphoric ester groups is 1. The van der Waals surface area contributed by atoms with Crippen LogP contribution in [-0.4, -0.2) is 17.8 Å². The van der Waals surface area contributed by atoms with E-state index < -0.39 is 7.82 Å². The third kappa shape index (κ3) is 4.70. The number of hydrogen-bond acceptors (Lipinski definition) is 4. The van der Waals surface area contributed by atoms with Gasteiger partial charge in [0.15, 0.2) is 0 Å². The van der Waals surface area contributed by atoms with E-state index in [1.807, 2.05) is 42.5 Å². The second-order valence-electron chi connectivity index (χ2n) is 4.77. The van der Waals surface area contributed by atoms with Crippen LogP contribution in [0.3, 0.4) is 0 Å². The summed E-state index contributed by atoms with van der Waals surface area (Å²) in [5.74, 6) is 0.465. The van der Waals surface area contributed by atoms with E-state index in [1.165, 1.54) is 0 Å². The maximum Gasteiger partial charge on any atom is 0.530 e. The Morgan fingerprint density at radius 1 is 1.14 bits per heavy atom. The standard InChI is InChI=1S/C15H22N2O4P/c1-4-19-22(18,20-5-2)21-15-8-6-14(7-9-15)12-17-11-10-16(3)13-17/h6-11,13H,4-5,12H2,1-3H3/q+1. The van der Waals surface area contributed by atoms with Crippen molar-refractivity contribution in [2.24, 2.45) is 7.05 Å². The number of aromatic nitrogens is 2. The lowest BCUT2D eigenvalue weighted by molar-refractivity contribution is -0.671. The minimum absolute atomic E-state index is 0.264. The molecule has 6 nitrogen and oxygen atoms in total. The Labute approximate surface area is 130 Å². The number of benzene rings is 1. The monoisotopic (exact) mass is 325 g/mol. The summed E-state index contributed by atoms with van der Waals surface area (Å²) >= 11 is 0. The summed E-state index contributed by atoms with van der Waals surface area (Å²) in [5, 5.41) is 0. The summed E-state index contributed by atoms with van der Waals surface area (Å²) < 4.78 is 31.9. The van der Waals surface area contributed by atoms with Gasteiger partial charge in [-0.15, -0.1) is 0 Å². The van der Waals surface area contributed by atoms with Crippen LogP contribution in [0.15, 0.2) is 43.0 Å². The largest absolute Gasteiger partial charge is 0.530 e. The second kappa shape index (κ2) is 7.58. The first-order chi connectivity index (χ1) is 10.5. The lowest BCUT2D eigenvalue weighted by Gasteiger charge is -2.17. The Morgan fingerprint density at radius 2 is 1.77 bits per heavy atom. The molecule has 1 aromatic heterocycles. The fourth-order valence-electron chi connectivity index (χ4n) is 2.00. The molecule has 0 spiro atoms. The molecule has 0 unspecified atom stereocenters. The van der Waals surface area contributed by atoms with Crippen molar-refractivity contribution < 1.29 is 22.7 Å². The summed E-state index contributed by atoms with van der Waals surface area (Å²) in [6.45, 7) is 4.78. The lowest BCUT2D eigenvalue weighted by Crippen LogP contribution is -2.23. The van der Waals surface area contributed by atoms with Crippen LogP contribution in [0.1, 0.15) is 19.4 Å². The van der Waals surface area contributed by atoms with Crippen molar-refractivity contribution in [3.8, 4) is 5.75 Å². The summed E-state index contributed by atoms with van der Waals surface area (Å²) in [5.41, 5.74) is 1.12.